The van der Waals surface area contributed by atoms with E-state index in [-0.39, 0.29) is 10.5 Å². The lowest BCUT2D eigenvalue weighted by molar-refractivity contribution is 0.199. The summed E-state index contributed by atoms with van der Waals surface area (Å²) in [7, 11) is -3.80. The van der Waals surface area contributed by atoms with E-state index in [1.807, 2.05) is 42.8 Å². The molecule has 0 aliphatic rings. The normalized spacial score (nSPS) is 11.2. The predicted octanol–water partition coefficient (Wildman–Crippen LogP) is 6.26. The maximum Gasteiger partial charge on any atom is 0.483 e. The van der Waals surface area contributed by atoms with E-state index in [0.29, 0.717) is 34.0 Å². The van der Waals surface area contributed by atoms with Gasteiger partial charge in [-0.1, -0.05) is 6.07 Å². The summed E-state index contributed by atoms with van der Waals surface area (Å²) in [6.45, 7) is 4.81. The summed E-state index contributed by atoms with van der Waals surface area (Å²) in [6.07, 6.45) is 3.41. The van der Waals surface area contributed by atoms with Crippen molar-refractivity contribution >= 4 is 16.1 Å². The molecular weight excluding hydrogens is 573 g/mol. The smallest absolute Gasteiger partial charge is 0.440 e. The molecule has 0 fully saturated rings. The molecule has 0 amide bonds. The van der Waals surface area contributed by atoms with Gasteiger partial charge in [-0.15, -0.1) is 8.78 Å². The van der Waals surface area contributed by atoms with Crippen LogP contribution in [0.4, 0.5) is 18.0 Å². The molecule has 3 heterocycles. The van der Waals surface area contributed by atoms with E-state index in [4.69, 9.17) is 9.21 Å². The van der Waals surface area contributed by atoms with Crippen LogP contribution in [0.5, 0.6) is 0 Å². The number of rotatable bonds is 6. The van der Waals surface area contributed by atoms with E-state index < -0.39 is 28.6 Å². The number of benzene rings is 2. The average molecular weight is 599 g/mol. The molecular formula is C29H25F3N4O5S. The van der Waals surface area contributed by atoms with Crippen molar-refractivity contribution in [3.63, 3.8) is 0 Å². The molecule has 5 rings (SSSR count). The zero-order valence-electron chi connectivity index (χ0n) is 22.9. The Bertz CT molecular complexity index is 1880. The van der Waals surface area contributed by atoms with Gasteiger partial charge < -0.3 is 14.1 Å². The van der Waals surface area contributed by atoms with Crippen molar-refractivity contribution in [3.8, 4) is 39.4 Å². The number of sulfone groups is 1. The third-order valence-corrected chi connectivity index (χ3v) is 7.38. The largest absolute Gasteiger partial charge is 0.483 e. The lowest BCUT2D eigenvalue weighted by atomic mass is 9.97. The number of halogens is 3. The highest BCUT2D eigenvalue weighted by Gasteiger charge is 2.23. The second-order valence-electron chi connectivity index (χ2n) is 9.27. The van der Waals surface area contributed by atoms with Gasteiger partial charge in [0.2, 0.25) is 0 Å². The van der Waals surface area contributed by atoms with Crippen LogP contribution in [0, 0.1) is 26.6 Å². The van der Waals surface area contributed by atoms with Crippen molar-refractivity contribution < 1.29 is 35.9 Å². The van der Waals surface area contributed by atoms with Crippen molar-refractivity contribution in [1.82, 2.24) is 19.5 Å². The highest BCUT2D eigenvalue weighted by atomic mass is 32.2. The van der Waals surface area contributed by atoms with E-state index in [2.05, 4.69) is 15.0 Å². The fourth-order valence-electron chi connectivity index (χ4n) is 4.54. The fraction of sp³-hybridized carbons (Fsp3) is 0.172. The summed E-state index contributed by atoms with van der Waals surface area (Å²) in [5, 5.41) is 9.61. The van der Waals surface area contributed by atoms with Crippen LogP contribution in [-0.2, 0) is 16.4 Å². The van der Waals surface area contributed by atoms with E-state index in [1.54, 1.807) is 31.5 Å². The van der Waals surface area contributed by atoms with Crippen LogP contribution in [0.1, 0.15) is 23.0 Å². The van der Waals surface area contributed by atoms with Gasteiger partial charge in [0.25, 0.3) is 0 Å². The fourth-order valence-corrected chi connectivity index (χ4v) is 5.49. The number of hydrogen-bond donors (Lipinski definition) is 1. The molecule has 0 aliphatic carbocycles. The number of pyridine rings is 1. The number of aliphatic hydroxyl groups excluding tert-OH is 1. The minimum Gasteiger partial charge on any atom is -0.440 e. The number of oxazole rings is 1. The van der Waals surface area contributed by atoms with Gasteiger partial charge in [-0.25, -0.2) is 27.6 Å². The number of hydrogen-bond acceptors (Lipinski definition) is 8. The van der Waals surface area contributed by atoms with Crippen molar-refractivity contribution in [3.05, 3.63) is 89.8 Å². The summed E-state index contributed by atoms with van der Waals surface area (Å²) in [5.74, 6) is 0.927. The Labute approximate surface area is 239 Å². The van der Waals surface area contributed by atoms with Crippen LogP contribution < -0.4 is 0 Å². The standard InChI is InChI=1S/C28H25FN4O4S.CF2O/c1-16-14-33(17(2)31-16)25-8-7-19(21-11-24(29)23(15-34)26(12-21)38(4,35)36)10-22(25)27-28(37-18(3)32-27)20-6-5-9-30-13-20;2-1(3)4/h5-14,34H,15H2,1-4H3;. The van der Waals surface area contributed by atoms with Crippen molar-refractivity contribution in [2.24, 2.45) is 0 Å². The van der Waals surface area contributed by atoms with E-state index in [1.165, 1.54) is 12.1 Å². The highest BCUT2D eigenvalue weighted by molar-refractivity contribution is 7.90. The number of carbonyl (C=O) groups is 1. The van der Waals surface area contributed by atoms with Crippen molar-refractivity contribution in [1.29, 1.82) is 0 Å². The van der Waals surface area contributed by atoms with Crippen molar-refractivity contribution in [2.75, 3.05) is 6.26 Å². The second kappa shape index (κ2) is 12.1. The number of nitrogens with zero attached hydrogens (tertiary/aromatic N) is 4. The first-order chi connectivity index (χ1) is 19.8. The third kappa shape index (κ3) is 6.47. The predicted molar refractivity (Wildman–Crippen MR) is 149 cm³/mol. The van der Waals surface area contributed by atoms with Gasteiger partial charge in [0.1, 0.15) is 17.3 Å². The zero-order valence-corrected chi connectivity index (χ0v) is 23.7. The molecule has 0 spiro atoms. The SMILES string of the molecule is Cc1cn(-c2ccc(-c3cc(F)c(CO)c(S(C)(=O)=O)c3)cc2-c2nc(C)oc2-c2cccnc2)c(C)n1.O=C(F)F. The molecule has 0 saturated heterocycles. The maximum absolute atomic E-state index is 15.0. The minimum absolute atomic E-state index is 0.255. The molecule has 0 atom stereocenters. The van der Waals surface area contributed by atoms with Crippen LogP contribution in [0.2, 0.25) is 0 Å². The van der Waals surface area contributed by atoms with Gasteiger partial charge in [0, 0.05) is 48.5 Å². The minimum atomic E-state index is -3.80. The summed E-state index contributed by atoms with van der Waals surface area (Å²) in [4.78, 5) is 21.3. The van der Waals surface area contributed by atoms with Crippen LogP contribution in [-0.4, -0.2) is 45.6 Å². The summed E-state index contributed by atoms with van der Waals surface area (Å²) >= 11 is 0. The molecule has 218 valence electrons. The molecule has 3 aromatic heterocycles. The van der Waals surface area contributed by atoms with Crippen LogP contribution in [0.15, 0.2) is 70.4 Å². The molecule has 2 aromatic carbocycles. The number of imidazole rings is 1. The van der Waals surface area contributed by atoms with Crippen LogP contribution in [0.3, 0.4) is 0 Å². The zero-order chi connectivity index (χ0) is 30.8. The summed E-state index contributed by atoms with van der Waals surface area (Å²) in [5.41, 5.74) is 4.19. The molecule has 9 nitrogen and oxygen atoms in total. The van der Waals surface area contributed by atoms with Crippen LogP contribution >= 0.6 is 0 Å². The Balaban J connectivity index is 0.000000952. The van der Waals surface area contributed by atoms with Gasteiger partial charge >= 0.3 is 6.29 Å². The Hall–Kier alpha value is -4.62. The monoisotopic (exact) mass is 598 g/mol. The Morgan fingerprint density at radius 2 is 1.74 bits per heavy atom. The maximum atomic E-state index is 15.0. The molecule has 0 saturated carbocycles. The van der Waals surface area contributed by atoms with Crippen molar-refractivity contribution in [2.45, 2.75) is 32.3 Å². The third-order valence-electron chi connectivity index (χ3n) is 6.22. The van der Waals surface area contributed by atoms with Gasteiger partial charge in [0.15, 0.2) is 21.5 Å². The highest BCUT2D eigenvalue weighted by Crippen LogP contribution is 2.39. The molecule has 42 heavy (non-hydrogen) atoms. The number of aromatic nitrogens is 4. The van der Waals surface area contributed by atoms with Gasteiger partial charge in [0.05, 0.1) is 22.9 Å². The lowest BCUT2D eigenvalue weighted by Gasteiger charge is -2.15. The van der Waals surface area contributed by atoms with E-state index in [9.17, 15) is 26.7 Å². The first kappa shape index (κ1) is 30.3. The van der Waals surface area contributed by atoms with Gasteiger partial charge in [-0.05, 0) is 61.4 Å². The Morgan fingerprint density at radius 3 is 2.31 bits per heavy atom. The molecule has 5 aromatic rings. The molecule has 13 heteroatoms. The van der Waals surface area contributed by atoms with Gasteiger partial charge in [-0.2, -0.15) is 0 Å². The molecule has 0 unspecified atom stereocenters. The number of carbonyl (C=O) groups excluding carboxylic acids is 1. The first-order valence-electron chi connectivity index (χ1n) is 12.3. The number of aryl methyl sites for hydroxylation is 3. The quantitative estimate of drug-likeness (QED) is 0.227. The molecule has 0 radical (unpaired) electrons. The second-order valence-corrected chi connectivity index (χ2v) is 11.3. The molecule has 0 aliphatic heterocycles. The van der Waals surface area contributed by atoms with Crippen LogP contribution in [0.25, 0.3) is 39.4 Å². The summed E-state index contributed by atoms with van der Waals surface area (Å²) in [6, 6.07) is 11.7. The summed E-state index contributed by atoms with van der Waals surface area (Å²) < 4.78 is 67.1. The topological polar surface area (TPSA) is 128 Å². The van der Waals surface area contributed by atoms with E-state index >= 15 is 0 Å². The number of aliphatic hydroxyl groups is 1. The average Bonchev–Trinajstić information content (AvgIpc) is 3.48. The van der Waals surface area contributed by atoms with E-state index in [0.717, 1.165) is 29.0 Å². The Morgan fingerprint density at radius 1 is 1.02 bits per heavy atom. The van der Waals surface area contributed by atoms with Gasteiger partial charge in [-0.3, -0.25) is 4.98 Å². The lowest BCUT2D eigenvalue weighted by Crippen LogP contribution is -2.06. The molecule has 1 N–H and O–H groups in total. The molecule has 0 bridgehead atoms. The first-order valence-corrected chi connectivity index (χ1v) is 14.2. The Kier molecular flexibility index (Phi) is 8.73.